The van der Waals surface area contributed by atoms with Crippen molar-refractivity contribution in [1.82, 2.24) is 20.6 Å². The van der Waals surface area contributed by atoms with Gasteiger partial charge >= 0.3 is 0 Å². The summed E-state index contributed by atoms with van der Waals surface area (Å²) in [6, 6.07) is 4.81. The number of aromatic nitrogens is 4. The van der Waals surface area contributed by atoms with Crippen molar-refractivity contribution in [3.8, 4) is 5.75 Å². The average Bonchev–Trinajstić information content (AvgIpc) is 2.81. The first-order chi connectivity index (χ1) is 8.20. The first-order valence-electron chi connectivity index (χ1n) is 4.62. The summed E-state index contributed by atoms with van der Waals surface area (Å²) >= 11 is 1.48. The molecule has 7 nitrogen and oxygen atoms in total. The van der Waals surface area contributed by atoms with E-state index in [0.29, 0.717) is 0 Å². The van der Waals surface area contributed by atoms with Gasteiger partial charge in [0.05, 0.1) is 5.56 Å². The Bertz CT molecular complexity index is 528. The highest BCUT2D eigenvalue weighted by atomic mass is 32.2. The average molecular weight is 251 g/mol. The second-order valence-electron chi connectivity index (χ2n) is 3.07. The van der Waals surface area contributed by atoms with E-state index in [1.165, 1.54) is 23.9 Å². The molecule has 0 aliphatic carbocycles. The Kier molecular flexibility index (Phi) is 3.24. The molecular weight excluding hydrogens is 242 g/mol. The fraction of sp³-hybridized carbons (Fsp3) is 0.111. The number of aromatic hydroxyl groups is 1. The summed E-state index contributed by atoms with van der Waals surface area (Å²) in [7, 11) is 0. The number of H-pyrrole nitrogens is 1. The number of carbonyl (C=O) groups is 1. The van der Waals surface area contributed by atoms with E-state index in [9.17, 15) is 9.90 Å². The Labute approximate surface area is 101 Å². The lowest BCUT2D eigenvalue weighted by Crippen LogP contribution is -2.13. The molecule has 17 heavy (non-hydrogen) atoms. The number of aromatic amines is 1. The summed E-state index contributed by atoms with van der Waals surface area (Å²) < 4.78 is 0. The van der Waals surface area contributed by atoms with Crippen LogP contribution in [0.25, 0.3) is 0 Å². The van der Waals surface area contributed by atoms with Gasteiger partial charge in [0.2, 0.25) is 0 Å². The molecule has 1 aromatic heterocycles. The summed E-state index contributed by atoms with van der Waals surface area (Å²) in [4.78, 5) is 12.6. The van der Waals surface area contributed by atoms with E-state index in [4.69, 9.17) is 0 Å². The van der Waals surface area contributed by atoms with Gasteiger partial charge in [0, 0.05) is 4.90 Å². The van der Waals surface area contributed by atoms with E-state index < -0.39 is 5.91 Å². The first kappa shape index (κ1) is 11.4. The van der Waals surface area contributed by atoms with Crippen molar-refractivity contribution < 1.29 is 9.90 Å². The number of tetrazole rings is 1. The van der Waals surface area contributed by atoms with E-state index in [1.807, 2.05) is 6.26 Å². The normalized spacial score (nSPS) is 10.2. The quantitative estimate of drug-likeness (QED) is 0.699. The third-order valence-electron chi connectivity index (χ3n) is 2.02. The fourth-order valence-corrected chi connectivity index (χ4v) is 1.65. The number of benzene rings is 1. The largest absolute Gasteiger partial charge is 0.507 e. The molecule has 0 saturated heterocycles. The molecule has 1 heterocycles. The third kappa shape index (κ3) is 2.53. The lowest BCUT2D eigenvalue weighted by molar-refractivity contribution is 0.102. The molecule has 0 radical (unpaired) electrons. The van der Waals surface area contributed by atoms with Crippen LogP contribution in [0.2, 0.25) is 0 Å². The van der Waals surface area contributed by atoms with Crippen LogP contribution in [0.15, 0.2) is 23.1 Å². The number of phenolic OH excluding ortho intramolecular Hbond substituents is 1. The number of carbonyl (C=O) groups excluding carboxylic acids is 1. The molecule has 1 amide bonds. The number of thioether (sulfide) groups is 1. The van der Waals surface area contributed by atoms with Crippen molar-refractivity contribution in [2.45, 2.75) is 4.90 Å². The van der Waals surface area contributed by atoms with Gasteiger partial charge in [-0.2, -0.15) is 5.21 Å². The zero-order chi connectivity index (χ0) is 12.3. The summed E-state index contributed by atoms with van der Waals surface area (Å²) in [6.45, 7) is 0. The van der Waals surface area contributed by atoms with E-state index >= 15 is 0 Å². The minimum Gasteiger partial charge on any atom is -0.507 e. The predicted molar refractivity (Wildman–Crippen MR) is 62.0 cm³/mol. The van der Waals surface area contributed by atoms with E-state index in [1.54, 1.807) is 6.07 Å². The Morgan fingerprint density at radius 1 is 1.53 bits per heavy atom. The highest BCUT2D eigenvalue weighted by Gasteiger charge is 2.13. The van der Waals surface area contributed by atoms with Gasteiger partial charge in [-0.15, -0.1) is 16.9 Å². The molecule has 2 aromatic rings. The third-order valence-corrected chi connectivity index (χ3v) is 2.75. The standard InChI is InChI=1S/C9H9N5O2S/c1-17-5-2-3-6(7(15)4-5)8(16)10-9-11-13-14-12-9/h2-4,15H,1H3,(H2,10,11,12,13,14,16). The predicted octanol–water partition coefficient (Wildman–Crippen LogP) is 0.879. The van der Waals surface area contributed by atoms with Crippen molar-refractivity contribution in [2.24, 2.45) is 0 Å². The number of anilines is 1. The number of nitrogens with one attached hydrogen (secondary N) is 2. The number of phenols is 1. The van der Waals surface area contributed by atoms with Gasteiger partial charge in [-0.25, -0.2) is 0 Å². The minimum absolute atomic E-state index is 0.0587. The molecule has 0 spiro atoms. The van der Waals surface area contributed by atoms with Gasteiger partial charge in [-0.1, -0.05) is 5.10 Å². The van der Waals surface area contributed by atoms with Crippen molar-refractivity contribution in [2.75, 3.05) is 11.6 Å². The van der Waals surface area contributed by atoms with Crippen LogP contribution in [0.3, 0.4) is 0 Å². The Morgan fingerprint density at radius 3 is 2.94 bits per heavy atom. The Morgan fingerprint density at radius 2 is 2.35 bits per heavy atom. The lowest BCUT2D eigenvalue weighted by atomic mass is 10.2. The van der Waals surface area contributed by atoms with Crippen LogP contribution in [-0.2, 0) is 0 Å². The second kappa shape index (κ2) is 4.83. The molecule has 88 valence electrons. The molecule has 0 bridgehead atoms. The van der Waals surface area contributed by atoms with Crippen molar-refractivity contribution >= 4 is 23.6 Å². The van der Waals surface area contributed by atoms with Crippen LogP contribution in [0, 0.1) is 0 Å². The number of hydrogen-bond donors (Lipinski definition) is 3. The maximum absolute atomic E-state index is 11.7. The van der Waals surface area contributed by atoms with Gasteiger partial charge in [0.15, 0.2) is 0 Å². The van der Waals surface area contributed by atoms with Crippen molar-refractivity contribution in [3.05, 3.63) is 23.8 Å². The van der Waals surface area contributed by atoms with Crippen LogP contribution in [0.4, 0.5) is 5.95 Å². The summed E-state index contributed by atoms with van der Waals surface area (Å²) in [5.74, 6) is -0.516. The van der Waals surface area contributed by atoms with Crippen LogP contribution < -0.4 is 5.32 Å². The van der Waals surface area contributed by atoms with Gasteiger partial charge in [-0.05, 0) is 29.7 Å². The minimum atomic E-state index is -0.489. The molecule has 0 aliphatic heterocycles. The molecule has 2 rings (SSSR count). The topological polar surface area (TPSA) is 104 Å². The number of amides is 1. The molecule has 0 fully saturated rings. The van der Waals surface area contributed by atoms with Crippen LogP contribution in [0.1, 0.15) is 10.4 Å². The summed E-state index contributed by atoms with van der Waals surface area (Å²) in [5.41, 5.74) is 0.160. The molecule has 0 saturated carbocycles. The van der Waals surface area contributed by atoms with Gasteiger partial charge in [0.25, 0.3) is 11.9 Å². The number of hydrogen-bond acceptors (Lipinski definition) is 6. The molecule has 1 aromatic carbocycles. The van der Waals surface area contributed by atoms with Crippen LogP contribution in [0.5, 0.6) is 5.75 Å². The smallest absolute Gasteiger partial charge is 0.270 e. The van der Waals surface area contributed by atoms with Gasteiger partial charge in [0.1, 0.15) is 5.75 Å². The summed E-state index contributed by atoms with van der Waals surface area (Å²) in [6.07, 6.45) is 1.88. The SMILES string of the molecule is CSc1ccc(C(=O)Nc2nn[nH]n2)c(O)c1. The lowest BCUT2D eigenvalue weighted by Gasteiger charge is -2.04. The maximum Gasteiger partial charge on any atom is 0.270 e. The highest BCUT2D eigenvalue weighted by Crippen LogP contribution is 2.24. The fourth-order valence-electron chi connectivity index (χ4n) is 1.21. The zero-order valence-electron chi connectivity index (χ0n) is 8.84. The van der Waals surface area contributed by atoms with Crippen LogP contribution >= 0.6 is 11.8 Å². The molecule has 0 aliphatic rings. The van der Waals surface area contributed by atoms with E-state index in [-0.39, 0.29) is 17.3 Å². The first-order valence-corrected chi connectivity index (χ1v) is 5.85. The molecule has 0 atom stereocenters. The van der Waals surface area contributed by atoms with Gasteiger partial charge in [-0.3, -0.25) is 10.1 Å². The Hall–Kier alpha value is -2.09. The van der Waals surface area contributed by atoms with Crippen molar-refractivity contribution in [3.63, 3.8) is 0 Å². The van der Waals surface area contributed by atoms with Crippen LogP contribution in [-0.4, -0.2) is 37.9 Å². The maximum atomic E-state index is 11.7. The number of rotatable bonds is 3. The zero-order valence-corrected chi connectivity index (χ0v) is 9.65. The monoisotopic (exact) mass is 251 g/mol. The number of nitrogens with zero attached hydrogens (tertiary/aromatic N) is 3. The molecule has 8 heteroatoms. The second-order valence-corrected chi connectivity index (χ2v) is 3.95. The highest BCUT2D eigenvalue weighted by molar-refractivity contribution is 7.98. The molecule has 3 N–H and O–H groups in total. The van der Waals surface area contributed by atoms with Crippen molar-refractivity contribution in [1.29, 1.82) is 0 Å². The molecule has 0 unspecified atom stereocenters. The summed E-state index contributed by atoms with van der Waals surface area (Å²) in [5, 5.41) is 24.7. The van der Waals surface area contributed by atoms with E-state index in [0.717, 1.165) is 4.90 Å². The Balaban J connectivity index is 2.19. The van der Waals surface area contributed by atoms with E-state index in [2.05, 4.69) is 25.9 Å². The van der Waals surface area contributed by atoms with Gasteiger partial charge < -0.3 is 5.11 Å². The molecular formula is C9H9N5O2S.